The molecule has 0 aliphatic carbocycles. The molecule has 1 atom stereocenters. The lowest BCUT2D eigenvalue weighted by Gasteiger charge is -2.21. The fourth-order valence-corrected chi connectivity index (χ4v) is 3.61. The molecule has 1 aliphatic rings. The summed E-state index contributed by atoms with van der Waals surface area (Å²) in [6.45, 7) is 3.34. The normalized spacial score (nSPS) is 16.6. The second-order valence-electron chi connectivity index (χ2n) is 7.08. The van der Waals surface area contributed by atoms with Crippen molar-refractivity contribution in [1.82, 2.24) is 34.9 Å². The quantitative estimate of drug-likeness (QED) is 0.707. The van der Waals surface area contributed by atoms with Crippen molar-refractivity contribution in [1.29, 1.82) is 0 Å². The minimum absolute atomic E-state index is 0.0524. The predicted molar refractivity (Wildman–Crippen MR) is 99.2 cm³/mol. The highest BCUT2D eigenvalue weighted by Crippen LogP contribution is 2.26. The molecule has 3 aromatic rings. The van der Waals surface area contributed by atoms with Gasteiger partial charge in [0.2, 0.25) is 5.91 Å². The fraction of sp³-hybridized carbons (Fsp3) is 0.421. The highest BCUT2D eigenvalue weighted by Gasteiger charge is 2.30. The number of likely N-dealkylation sites (N-methyl/N-ethyl adjacent to an activating group) is 1. The van der Waals surface area contributed by atoms with Crippen molar-refractivity contribution in [3.05, 3.63) is 53.6 Å². The molecule has 2 aromatic heterocycles. The molecule has 140 valence electrons. The first kappa shape index (κ1) is 17.4. The predicted octanol–water partition coefficient (Wildman–Crippen LogP) is 2.09. The van der Waals surface area contributed by atoms with Crippen LogP contribution in [0.4, 0.5) is 0 Å². The Morgan fingerprint density at radius 1 is 1.30 bits per heavy atom. The molecule has 8 nitrogen and oxygen atoms in total. The first-order valence-corrected chi connectivity index (χ1v) is 9.24. The molecule has 0 saturated carbocycles. The highest BCUT2D eigenvalue weighted by atomic mass is 16.2. The average molecular weight is 365 g/mol. The van der Waals surface area contributed by atoms with Crippen molar-refractivity contribution >= 4 is 5.91 Å². The van der Waals surface area contributed by atoms with E-state index >= 15 is 0 Å². The van der Waals surface area contributed by atoms with Crippen LogP contribution in [0.1, 0.15) is 42.1 Å². The fourth-order valence-electron chi connectivity index (χ4n) is 3.61. The van der Waals surface area contributed by atoms with E-state index in [0.717, 1.165) is 42.6 Å². The number of amides is 1. The Labute approximate surface area is 157 Å². The first-order chi connectivity index (χ1) is 13.1. The summed E-state index contributed by atoms with van der Waals surface area (Å²) in [5.74, 6) is 0.454. The number of hydrogen-bond donors (Lipinski definition) is 0. The van der Waals surface area contributed by atoms with E-state index in [4.69, 9.17) is 0 Å². The largest absolute Gasteiger partial charge is 0.341 e. The van der Waals surface area contributed by atoms with Crippen LogP contribution < -0.4 is 0 Å². The molecule has 1 aromatic carbocycles. The molecule has 0 N–H and O–H groups in total. The summed E-state index contributed by atoms with van der Waals surface area (Å²) < 4.78 is 3.62. The molecule has 0 radical (unpaired) electrons. The molecule has 0 unspecified atom stereocenters. The molecule has 8 heteroatoms. The van der Waals surface area contributed by atoms with Crippen molar-refractivity contribution in [2.45, 2.75) is 45.2 Å². The Balaban J connectivity index is 1.49. The second-order valence-corrected chi connectivity index (χ2v) is 7.08. The first-order valence-electron chi connectivity index (χ1n) is 9.24. The topological polar surface area (TPSA) is 81.7 Å². The van der Waals surface area contributed by atoms with E-state index in [9.17, 15) is 4.79 Å². The maximum Gasteiger partial charge on any atom is 0.233 e. The maximum atomic E-state index is 13.0. The molecular weight excluding hydrogens is 342 g/mol. The van der Waals surface area contributed by atoms with Crippen LogP contribution in [0.2, 0.25) is 0 Å². The van der Waals surface area contributed by atoms with Crippen LogP contribution in [0.3, 0.4) is 0 Å². The van der Waals surface area contributed by atoms with Crippen molar-refractivity contribution in [3.8, 4) is 5.69 Å². The Kier molecular flexibility index (Phi) is 4.70. The number of aromatic nitrogens is 6. The van der Waals surface area contributed by atoms with E-state index in [1.165, 1.54) is 0 Å². The zero-order valence-corrected chi connectivity index (χ0v) is 15.6. The maximum absolute atomic E-state index is 13.0. The average Bonchev–Trinajstić information content (AvgIpc) is 3.27. The van der Waals surface area contributed by atoms with Gasteiger partial charge in [0, 0.05) is 31.9 Å². The number of carbonyl (C=O) groups excluding carboxylic acids is 1. The summed E-state index contributed by atoms with van der Waals surface area (Å²) in [6, 6.07) is 8.10. The molecule has 0 fully saturated rings. The van der Waals surface area contributed by atoms with Gasteiger partial charge in [-0.3, -0.25) is 4.79 Å². The third kappa shape index (κ3) is 3.47. The Morgan fingerprint density at radius 3 is 3.00 bits per heavy atom. The third-order valence-electron chi connectivity index (χ3n) is 5.08. The van der Waals surface area contributed by atoms with Gasteiger partial charge >= 0.3 is 0 Å². The number of carbonyl (C=O) groups is 1. The Hall–Kier alpha value is -3.03. The van der Waals surface area contributed by atoms with Crippen LogP contribution in [0.15, 0.2) is 36.7 Å². The Morgan fingerprint density at radius 2 is 2.15 bits per heavy atom. The van der Waals surface area contributed by atoms with E-state index in [0.29, 0.717) is 12.4 Å². The van der Waals surface area contributed by atoms with Crippen molar-refractivity contribution in [3.63, 3.8) is 0 Å². The lowest BCUT2D eigenvalue weighted by atomic mass is 10.0. The molecule has 0 saturated heterocycles. The number of para-hydroxylation sites is 1. The molecule has 1 aliphatic heterocycles. The smallest absolute Gasteiger partial charge is 0.233 e. The number of tetrazole rings is 1. The van der Waals surface area contributed by atoms with Crippen LogP contribution in [-0.2, 0) is 17.9 Å². The zero-order chi connectivity index (χ0) is 18.8. The van der Waals surface area contributed by atoms with Crippen LogP contribution in [0, 0.1) is 6.92 Å². The Bertz CT molecular complexity index is 945. The lowest BCUT2D eigenvalue weighted by molar-refractivity contribution is -0.132. The van der Waals surface area contributed by atoms with Gasteiger partial charge in [0.05, 0.1) is 17.8 Å². The summed E-state index contributed by atoms with van der Waals surface area (Å²) in [7, 11) is 1.83. The lowest BCUT2D eigenvalue weighted by Crippen LogP contribution is -2.32. The van der Waals surface area contributed by atoms with Crippen LogP contribution in [0.25, 0.3) is 5.69 Å². The number of aryl methyl sites for hydroxylation is 2. The van der Waals surface area contributed by atoms with Crippen molar-refractivity contribution in [2.24, 2.45) is 0 Å². The summed E-state index contributed by atoms with van der Waals surface area (Å²) in [6.07, 6.45) is 6.55. The van der Waals surface area contributed by atoms with Gasteiger partial charge in [-0.1, -0.05) is 24.6 Å². The van der Waals surface area contributed by atoms with E-state index < -0.39 is 0 Å². The van der Waals surface area contributed by atoms with Gasteiger partial charge in [0.1, 0.15) is 0 Å². The number of nitrogens with zero attached hydrogens (tertiary/aromatic N) is 7. The molecular formula is C19H23N7O. The number of fused-ring (bicyclic) bond motifs is 1. The number of rotatable bonds is 4. The van der Waals surface area contributed by atoms with Crippen LogP contribution in [0.5, 0.6) is 0 Å². The van der Waals surface area contributed by atoms with E-state index in [-0.39, 0.29) is 11.8 Å². The molecule has 0 bridgehead atoms. The highest BCUT2D eigenvalue weighted by molar-refractivity contribution is 5.82. The summed E-state index contributed by atoms with van der Waals surface area (Å²) in [4.78, 5) is 14.8. The molecule has 0 spiro atoms. The number of hydrogen-bond acceptors (Lipinski definition) is 5. The van der Waals surface area contributed by atoms with Gasteiger partial charge in [-0.15, -0.1) is 5.10 Å². The van der Waals surface area contributed by atoms with Crippen molar-refractivity contribution in [2.75, 3.05) is 7.05 Å². The summed E-state index contributed by atoms with van der Waals surface area (Å²) in [5.41, 5.74) is 3.19. The minimum Gasteiger partial charge on any atom is -0.341 e. The standard InChI is InChI=1S/C19H23N7O/c1-14-7-3-4-9-17(14)26-13-15(11-20-26)12-24(2)19(27)16-8-5-6-10-25-18(16)21-22-23-25/h3-4,7,9,11,13,16H,5-6,8,10,12H2,1-2H3/t16-/m0/s1. The van der Waals surface area contributed by atoms with Gasteiger partial charge in [-0.2, -0.15) is 5.10 Å². The second kappa shape index (κ2) is 7.30. The summed E-state index contributed by atoms with van der Waals surface area (Å²) in [5, 5.41) is 16.3. The van der Waals surface area contributed by atoms with Gasteiger partial charge in [0.25, 0.3) is 0 Å². The van der Waals surface area contributed by atoms with E-state index in [1.54, 1.807) is 9.58 Å². The summed E-state index contributed by atoms with van der Waals surface area (Å²) >= 11 is 0. The number of benzene rings is 1. The van der Waals surface area contributed by atoms with Crippen LogP contribution in [-0.4, -0.2) is 47.8 Å². The molecule has 4 rings (SSSR count). The van der Waals surface area contributed by atoms with Gasteiger partial charge in [0.15, 0.2) is 5.82 Å². The van der Waals surface area contributed by atoms with Crippen molar-refractivity contribution < 1.29 is 4.79 Å². The van der Waals surface area contributed by atoms with Gasteiger partial charge in [-0.25, -0.2) is 9.36 Å². The molecule has 3 heterocycles. The monoisotopic (exact) mass is 365 g/mol. The van der Waals surface area contributed by atoms with Gasteiger partial charge < -0.3 is 4.90 Å². The molecule has 27 heavy (non-hydrogen) atoms. The SMILES string of the molecule is Cc1ccccc1-n1cc(CN(C)C(=O)[C@H]2CCCCn3nnnc32)cn1. The zero-order valence-electron chi connectivity index (χ0n) is 15.6. The van der Waals surface area contributed by atoms with E-state index in [2.05, 4.69) is 33.6 Å². The third-order valence-corrected chi connectivity index (χ3v) is 5.08. The molecule has 1 amide bonds. The van der Waals surface area contributed by atoms with Gasteiger partial charge in [-0.05, 0) is 41.8 Å². The van der Waals surface area contributed by atoms with Crippen LogP contribution >= 0.6 is 0 Å². The minimum atomic E-state index is -0.279. The van der Waals surface area contributed by atoms with E-state index in [1.807, 2.05) is 42.3 Å².